The maximum absolute atomic E-state index is 11.7. The molecular formula is C30H50O2. The largest absolute Gasteiger partial charge is 0.392 e. The molecule has 0 spiro atoms. The van der Waals surface area contributed by atoms with Crippen LogP contribution in [0.1, 0.15) is 119 Å². The maximum atomic E-state index is 11.7. The summed E-state index contributed by atoms with van der Waals surface area (Å²) in [5.74, 6) is 3.31. The molecule has 0 aromatic rings. The fourth-order valence-electron chi connectivity index (χ4n) is 13.0. The summed E-state index contributed by atoms with van der Waals surface area (Å²) < 4.78 is 0. The molecule has 182 valence electrons. The lowest BCUT2D eigenvalue weighted by Gasteiger charge is -2.74. The molecule has 0 aliphatic heterocycles. The third-order valence-corrected chi connectivity index (χ3v) is 14.3. The molecule has 0 aromatic carbocycles. The van der Waals surface area contributed by atoms with Crippen molar-refractivity contribution in [1.82, 2.24) is 0 Å². The molecule has 2 heteroatoms. The molecule has 0 aromatic heterocycles. The quantitative estimate of drug-likeness (QED) is 0.425. The van der Waals surface area contributed by atoms with E-state index in [-0.39, 0.29) is 11.5 Å². The van der Waals surface area contributed by atoms with Gasteiger partial charge in [-0.1, -0.05) is 41.0 Å². The summed E-state index contributed by atoms with van der Waals surface area (Å²) in [6.07, 6.45) is 14.9. The molecule has 6 saturated carbocycles. The molecule has 2 nitrogen and oxygen atoms in total. The lowest BCUT2D eigenvalue weighted by molar-refractivity contribution is -0.273. The number of hydrogen-bond acceptors (Lipinski definition) is 2. The standard InChI is InChI=1S/C30H50O2/c1-25(2)13-7-14-26(3)21(25)12-16-27(4)22(26)8-9-23-28(27,5)15-10-20-19-11-17-30(20,23)24(31)18-29(19,6)32/h19-24,31-32H,7-18H2,1-6H3. The van der Waals surface area contributed by atoms with Crippen LogP contribution in [-0.2, 0) is 0 Å². The maximum Gasteiger partial charge on any atom is 0.0675 e. The number of aliphatic hydroxyl groups is 2. The number of rotatable bonds is 0. The Morgan fingerprint density at radius 2 is 1.25 bits per heavy atom. The highest BCUT2D eigenvalue weighted by Crippen LogP contribution is 2.79. The van der Waals surface area contributed by atoms with Crippen LogP contribution in [0.5, 0.6) is 0 Å². The second-order valence-electron chi connectivity index (χ2n) is 15.4. The van der Waals surface area contributed by atoms with Gasteiger partial charge in [-0.3, -0.25) is 0 Å². The molecule has 11 unspecified atom stereocenters. The van der Waals surface area contributed by atoms with Crippen molar-refractivity contribution in [3.63, 3.8) is 0 Å². The Morgan fingerprint density at radius 1 is 0.625 bits per heavy atom. The average Bonchev–Trinajstić information content (AvgIpc) is 3.04. The zero-order chi connectivity index (χ0) is 22.9. The fourth-order valence-corrected chi connectivity index (χ4v) is 13.0. The van der Waals surface area contributed by atoms with E-state index in [0.717, 1.165) is 24.7 Å². The van der Waals surface area contributed by atoms with Crippen LogP contribution in [0, 0.1) is 56.7 Å². The molecule has 6 aliphatic rings. The Hall–Kier alpha value is -0.0800. The highest BCUT2D eigenvalue weighted by atomic mass is 16.3. The third kappa shape index (κ3) is 2.36. The third-order valence-electron chi connectivity index (χ3n) is 14.3. The Bertz CT molecular complexity index is 801. The van der Waals surface area contributed by atoms with E-state index in [1.54, 1.807) is 0 Å². The highest BCUT2D eigenvalue weighted by molar-refractivity contribution is 5.23. The van der Waals surface area contributed by atoms with Crippen LogP contribution in [0.4, 0.5) is 0 Å². The second-order valence-corrected chi connectivity index (χ2v) is 15.4. The van der Waals surface area contributed by atoms with E-state index in [0.29, 0.717) is 45.8 Å². The molecule has 6 aliphatic carbocycles. The molecule has 6 fully saturated rings. The van der Waals surface area contributed by atoms with E-state index in [1.807, 2.05) is 6.92 Å². The zero-order valence-electron chi connectivity index (χ0n) is 21.8. The topological polar surface area (TPSA) is 40.5 Å². The Kier molecular flexibility index (Phi) is 4.46. The van der Waals surface area contributed by atoms with Crippen molar-refractivity contribution in [1.29, 1.82) is 0 Å². The van der Waals surface area contributed by atoms with Crippen molar-refractivity contribution in [3.8, 4) is 0 Å². The van der Waals surface area contributed by atoms with Crippen molar-refractivity contribution < 1.29 is 10.2 Å². The summed E-state index contributed by atoms with van der Waals surface area (Å²) in [6, 6.07) is 0. The molecule has 2 N–H and O–H groups in total. The first kappa shape index (κ1) is 22.4. The number of aliphatic hydroxyl groups excluding tert-OH is 1. The van der Waals surface area contributed by atoms with E-state index >= 15 is 0 Å². The van der Waals surface area contributed by atoms with Crippen LogP contribution < -0.4 is 0 Å². The van der Waals surface area contributed by atoms with Crippen molar-refractivity contribution in [2.45, 2.75) is 130 Å². The Labute approximate surface area is 197 Å². The van der Waals surface area contributed by atoms with Crippen molar-refractivity contribution >= 4 is 0 Å². The first-order valence-electron chi connectivity index (χ1n) is 14.2. The molecular weight excluding hydrogens is 392 g/mol. The Morgan fingerprint density at radius 3 is 2.00 bits per heavy atom. The van der Waals surface area contributed by atoms with Gasteiger partial charge in [0.05, 0.1) is 11.7 Å². The minimum absolute atomic E-state index is 0.0808. The van der Waals surface area contributed by atoms with Gasteiger partial charge in [0.1, 0.15) is 0 Å². The summed E-state index contributed by atoms with van der Waals surface area (Å²) >= 11 is 0. The minimum Gasteiger partial charge on any atom is -0.392 e. The Balaban J connectivity index is 1.41. The van der Waals surface area contributed by atoms with Gasteiger partial charge >= 0.3 is 0 Å². The van der Waals surface area contributed by atoms with Gasteiger partial charge in [0.15, 0.2) is 0 Å². The van der Waals surface area contributed by atoms with Gasteiger partial charge in [-0.25, -0.2) is 0 Å². The van der Waals surface area contributed by atoms with Crippen LogP contribution >= 0.6 is 0 Å². The molecule has 0 radical (unpaired) electrons. The van der Waals surface area contributed by atoms with Gasteiger partial charge in [0, 0.05) is 11.8 Å². The van der Waals surface area contributed by atoms with E-state index in [4.69, 9.17) is 0 Å². The van der Waals surface area contributed by atoms with E-state index in [2.05, 4.69) is 34.6 Å². The lowest BCUT2D eigenvalue weighted by atomic mass is 9.31. The van der Waals surface area contributed by atoms with E-state index in [1.165, 1.54) is 57.8 Å². The molecule has 0 heterocycles. The predicted molar refractivity (Wildman–Crippen MR) is 130 cm³/mol. The SMILES string of the molecule is CC1(C)CCCC2(C)C1CCC1(C)C2CCC2C34CCC(C3CCC21C)C(C)(O)CC4O. The van der Waals surface area contributed by atoms with Crippen molar-refractivity contribution in [2.75, 3.05) is 0 Å². The average molecular weight is 443 g/mol. The summed E-state index contributed by atoms with van der Waals surface area (Å²) in [6.45, 7) is 15.2. The highest BCUT2D eigenvalue weighted by Gasteiger charge is 2.74. The lowest BCUT2D eigenvalue weighted by Crippen LogP contribution is -2.69. The summed E-state index contributed by atoms with van der Waals surface area (Å²) in [4.78, 5) is 0. The van der Waals surface area contributed by atoms with Crippen LogP contribution in [0.25, 0.3) is 0 Å². The summed E-state index contributed by atoms with van der Waals surface area (Å²) in [5.41, 5.74) is 1.12. The molecule has 32 heavy (non-hydrogen) atoms. The van der Waals surface area contributed by atoms with Gasteiger partial charge in [-0.05, 0) is 122 Å². The summed E-state index contributed by atoms with van der Waals surface area (Å²) in [5, 5.41) is 22.9. The van der Waals surface area contributed by atoms with Crippen LogP contribution in [-0.4, -0.2) is 21.9 Å². The van der Waals surface area contributed by atoms with Gasteiger partial charge in [0.25, 0.3) is 0 Å². The normalized spacial score (nSPS) is 63.0. The molecule has 2 bridgehead atoms. The first-order chi connectivity index (χ1) is 14.8. The zero-order valence-corrected chi connectivity index (χ0v) is 21.8. The molecule has 11 atom stereocenters. The van der Waals surface area contributed by atoms with Crippen molar-refractivity contribution in [2.24, 2.45) is 56.7 Å². The van der Waals surface area contributed by atoms with Gasteiger partial charge in [-0.2, -0.15) is 0 Å². The number of fused-ring (bicyclic) bond motifs is 5. The number of hydrogen-bond donors (Lipinski definition) is 2. The van der Waals surface area contributed by atoms with E-state index in [9.17, 15) is 10.2 Å². The van der Waals surface area contributed by atoms with Gasteiger partial charge in [-0.15, -0.1) is 0 Å². The van der Waals surface area contributed by atoms with Crippen LogP contribution in [0.2, 0.25) is 0 Å². The minimum atomic E-state index is -0.669. The molecule has 0 amide bonds. The monoisotopic (exact) mass is 442 g/mol. The fraction of sp³-hybridized carbons (Fsp3) is 1.00. The van der Waals surface area contributed by atoms with Crippen molar-refractivity contribution in [3.05, 3.63) is 0 Å². The second kappa shape index (κ2) is 6.37. The first-order valence-corrected chi connectivity index (χ1v) is 14.2. The smallest absolute Gasteiger partial charge is 0.0675 e. The predicted octanol–water partition coefficient (Wildman–Crippen LogP) is 6.97. The van der Waals surface area contributed by atoms with Crippen LogP contribution in [0.3, 0.4) is 0 Å². The van der Waals surface area contributed by atoms with Gasteiger partial charge in [0.2, 0.25) is 0 Å². The van der Waals surface area contributed by atoms with Gasteiger partial charge < -0.3 is 10.2 Å². The molecule has 6 rings (SSSR count). The summed E-state index contributed by atoms with van der Waals surface area (Å²) in [7, 11) is 0. The molecule has 0 saturated heterocycles. The van der Waals surface area contributed by atoms with E-state index < -0.39 is 5.60 Å². The van der Waals surface area contributed by atoms with Crippen LogP contribution in [0.15, 0.2) is 0 Å².